The fraction of sp³-hybridized carbons (Fsp3) is 0.0465. The second-order valence-electron chi connectivity index (χ2n) is 11.4. The molecule has 0 unspecified atom stereocenters. The summed E-state index contributed by atoms with van der Waals surface area (Å²) in [4.78, 5) is 26.4. The number of anilines is 2. The Hall–Kier alpha value is -4.87. The van der Waals surface area contributed by atoms with Crippen LogP contribution >= 0.6 is 0 Å². The van der Waals surface area contributed by atoms with Gasteiger partial charge in [0, 0.05) is 25.0 Å². The van der Waals surface area contributed by atoms with E-state index in [2.05, 4.69) is 119 Å². The molecule has 0 aliphatic heterocycles. The van der Waals surface area contributed by atoms with Gasteiger partial charge in [0.2, 0.25) is 11.8 Å². The van der Waals surface area contributed by atoms with Crippen LogP contribution in [0.1, 0.15) is 25.0 Å². The minimum atomic E-state index is -0.239. The Morgan fingerprint density at radius 1 is 0.551 bits per heavy atom. The average Bonchev–Trinajstić information content (AvgIpc) is 3.80. The van der Waals surface area contributed by atoms with Crippen LogP contribution in [0.15, 0.2) is 78.9 Å². The van der Waals surface area contributed by atoms with E-state index >= 15 is 0 Å². The van der Waals surface area contributed by atoms with Crippen molar-refractivity contribution >= 4 is 66.5 Å². The number of hydrogen-bond acceptors (Lipinski definition) is 3. The van der Waals surface area contributed by atoms with E-state index in [-0.39, 0.29) is 28.9 Å². The average molecular weight is 676 g/mol. The van der Waals surface area contributed by atoms with E-state index in [1.54, 1.807) is 12.1 Å². The molecular weight excluding hydrogens is 646 g/mol. The maximum Gasteiger partial charge on any atom is 2.00 e. The van der Waals surface area contributed by atoms with Crippen LogP contribution in [0.2, 0.25) is 0 Å². The first-order chi connectivity index (χ1) is 23.4. The van der Waals surface area contributed by atoms with Crippen LogP contribution in [0.5, 0.6) is 0 Å². The molecule has 0 bridgehead atoms. The second-order valence-corrected chi connectivity index (χ2v) is 11.4. The molecule has 2 amide bonds. The first-order valence-electron chi connectivity index (χ1n) is 15.6. The summed E-state index contributed by atoms with van der Waals surface area (Å²) in [5, 5.41) is 15.6. The van der Waals surface area contributed by atoms with Crippen LogP contribution in [0, 0.1) is 86.9 Å². The third-order valence-electron chi connectivity index (χ3n) is 7.98. The summed E-state index contributed by atoms with van der Waals surface area (Å²) in [5.41, 5.74) is 1.74. The zero-order valence-electron chi connectivity index (χ0n) is 26.7. The molecule has 0 atom stereocenters. The number of carbonyl (C=O) groups excluding carboxylic acids is 2. The molecule has 5 aromatic carbocycles. The zero-order chi connectivity index (χ0) is 33.0. The summed E-state index contributed by atoms with van der Waals surface area (Å²) in [6.45, 7) is 2.78. The number of aromatic nitrogens is 1. The van der Waals surface area contributed by atoms with Crippen molar-refractivity contribution in [1.29, 1.82) is 0 Å². The van der Waals surface area contributed by atoms with Crippen LogP contribution in [0.4, 0.5) is 11.6 Å². The molecule has 49 heavy (non-hydrogen) atoms. The number of rotatable bonds is 2. The van der Waals surface area contributed by atoms with Crippen molar-refractivity contribution in [2.24, 2.45) is 0 Å². The Morgan fingerprint density at radius 3 is 1.57 bits per heavy atom. The van der Waals surface area contributed by atoms with Crippen molar-refractivity contribution in [1.82, 2.24) is 4.98 Å². The Labute approximate surface area is 298 Å². The van der Waals surface area contributed by atoms with Gasteiger partial charge in [-0.3, -0.25) is 9.59 Å². The van der Waals surface area contributed by atoms with Gasteiger partial charge in [0.15, 0.2) is 0 Å². The minimum Gasteiger partial charge on any atom is -0.311 e. The maximum atomic E-state index is 11.1. The molecule has 234 valence electrons. The predicted molar refractivity (Wildman–Crippen MR) is 195 cm³/mol. The molecule has 8 rings (SSSR count). The molecule has 10 radical (unpaired) electrons. The number of hydrogen-bond donors (Lipinski definition) is 2. The Kier molecular flexibility index (Phi) is 10.5. The SMILES string of the molecule is C(#Cc1ccc2c3cccc4cccc(c5cccc1c52)c43)[C]1[CH][CH][CH][CH]1.CC(=O)Nc1cc(C#C[C]2[CH][CH][CH][CH]2)cc(NC(C)=O)n1.[Fe+2]. The van der Waals surface area contributed by atoms with Crippen LogP contribution < -0.4 is 10.6 Å². The Balaban J connectivity index is 0.000000173. The molecule has 1 heterocycles. The smallest absolute Gasteiger partial charge is 0.311 e. The van der Waals surface area contributed by atoms with Crippen molar-refractivity contribution < 1.29 is 26.7 Å². The Bertz CT molecular complexity index is 2210. The van der Waals surface area contributed by atoms with Gasteiger partial charge >= 0.3 is 17.1 Å². The van der Waals surface area contributed by atoms with Gasteiger partial charge in [0.05, 0.1) is 11.8 Å². The fourth-order valence-electron chi connectivity index (χ4n) is 6.04. The van der Waals surface area contributed by atoms with Crippen molar-refractivity contribution in [3.63, 3.8) is 0 Å². The van der Waals surface area contributed by atoms with E-state index < -0.39 is 0 Å². The molecule has 2 saturated carbocycles. The van der Waals surface area contributed by atoms with E-state index in [1.807, 2.05) is 38.5 Å². The molecular formula is C43H29FeN3O2+2. The molecule has 2 aliphatic carbocycles. The summed E-state index contributed by atoms with van der Waals surface area (Å²) in [6.07, 6.45) is 15.8. The molecule has 6 heteroatoms. The monoisotopic (exact) mass is 675 g/mol. The van der Waals surface area contributed by atoms with Crippen molar-refractivity contribution in [3.8, 4) is 23.7 Å². The quantitative estimate of drug-likeness (QED) is 0.0841. The first-order valence-corrected chi connectivity index (χ1v) is 15.6. The van der Waals surface area contributed by atoms with Crippen molar-refractivity contribution in [2.75, 3.05) is 10.6 Å². The van der Waals surface area contributed by atoms with Crippen LogP contribution in [0.3, 0.4) is 0 Å². The van der Waals surface area contributed by atoms with Gasteiger partial charge in [-0.05, 0) is 113 Å². The zero-order valence-corrected chi connectivity index (χ0v) is 27.8. The van der Waals surface area contributed by atoms with Crippen LogP contribution in [0.25, 0.3) is 43.1 Å². The van der Waals surface area contributed by atoms with E-state index in [1.165, 1.54) is 56.9 Å². The topological polar surface area (TPSA) is 71.1 Å². The van der Waals surface area contributed by atoms with Gasteiger partial charge in [-0.1, -0.05) is 84.3 Å². The maximum absolute atomic E-state index is 11.1. The van der Waals surface area contributed by atoms with Gasteiger partial charge in [-0.25, -0.2) is 4.98 Å². The van der Waals surface area contributed by atoms with Gasteiger partial charge < -0.3 is 10.6 Å². The first kappa shape index (κ1) is 34.0. The second kappa shape index (κ2) is 15.1. The number of fused-ring (bicyclic) bond motifs is 2. The molecule has 0 saturated heterocycles. The number of carbonyl (C=O) groups is 2. The summed E-state index contributed by atoms with van der Waals surface area (Å²) in [7, 11) is 0. The van der Waals surface area contributed by atoms with Crippen LogP contribution in [-0.4, -0.2) is 16.8 Å². The fourth-order valence-corrected chi connectivity index (χ4v) is 6.04. The molecule has 0 spiro atoms. The third-order valence-corrected chi connectivity index (χ3v) is 7.98. The van der Waals surface area contributed by atoms with Crippen LogP contribution in [-0.2, 0) is 26.7 Å². The minimum absolute atomic E-state index is 0. The van der Waals surface area contributed by atoms with Gasteiger partial charge in [-0.15, -0.1) is 0 Å². The van der Waals surface area contributed by atoms with Crippen molar-refractivity contribution in [2.45, 2.75) is 13.8 Å². The largest absolute Gasteiger partial charge is 2.00 e. The van der Waals surface area contributed by atoms with Gasteiger partial charge in [-0.2, -0.15) is 0 Å². The molecule has 1 aromatic heterocycles. The normalized spacial score (nSPS) is 14.4. The number of nitrogens with zero attached hydrogens (tertiary/aromatic N) is 1. The van der Waals surface area contributed by atoms with E-state index in [9.17, 15) is 9.59 Å². The Morgan fingerprint density at radius 2 is 1.02 bits per heavy atom. The number of pyridine rings is 1. The third kappa shape index (κ3) is 7.58. The van der Waals surface area contributed by atoms with E-state index in [0.717, 1.165) is 17.4 Å². The van der Waals surface area contributed by atoms with Crippen molar-refractivity contribution in [3.05, 3.63) is 153 Å². The number of benzene rings is 5. The summed E-state index contributed by atoms with van der Waals surface area (Å²) in [5.74, 6) is 14.8. The number of amides is 2. The molecule has 6 aromatic rings. The number of nitrogens with one attached hydrogen (secondary N) is 2. The summed E-state index contributed by atoms with van der Waals surface area (Å²) < 4.78 is 0. The van der Waals surface area contributed by atoms with E-state index in [4.69, 9.17) is 0 Å². The predicted octanol–water partition coefficient (Wildman–Crippen LogP) is 8.25. The van der Waals surface area contributed by atoms with Gasteiger partial charge in [0.1, 0.15) is 11.6 Å². The summed E-state index contributed by atoms with van der Waals surface area (Å²) >= 11 is 0. The molecule has 2 N–H and O–H groups in total. The standard InChI is InChI=1S/C27H15.C16H14N3O2.Fe/c1-2-7-18(6-1)14-15-19-16-17-25-23-12-4-9-20-8-3-11-22(26(20)23)24-13-5-10-21(19)27(24)25;1-11(20)17-15-9-14(8-7-13-5-3-4-6-13)10-16(19-15)18-12(2)21;/h1-13,16-17H;3-6,9-10H,1-2H3,(H2,17,18,19,20,21);/q;;+2. The summed E-state index contributed by atoms with van der Waals surface area (Å²) in [6, 6.07) is 27.5. The molecule has 2 aliphatic rings. The molecule has 5 nitrogen and oxygen atoms in total. The van der Waals surface area contributed by atoms with E-state index in [0.29, 0.717) is 17.2 Å². The van der Waals surface area contributed by atoms with Gasteiger partial charge in [0.25, 0.3) is 0 Å². The molecule has 2 fully saturated rings.